The van der Waals surface area contributed by atoms with E-state index in [4.69, 9.17) is 4.74 Å². The maximum Gasteiger partial charge on any atom is 0.343 e. The summed E-state index contributed by atoms with van der Waals surface area (Å²) in [6.07, 6.45) is 1.39. The van der Waals surface area contributed by atoms with Gasteiger partial charge in [-0.05, 0) is 84.1 Å². The van der Waals surface area contributed by atoms with Gasteiger partial charge in [-0.1, -0.05) is 39.7 Å². The highest BCUT2D eigenvalue weighted by molar-refractivity contribution is 14.1. The van der Waals surface area contributed by atoms with Crippen LogP contribution in [0.5, 0.6) is 5.75 Å². The van der Waals surface area contributed by atoms with Crippen LogP contribution in [0, 0.1) is 21.8 Å². The van der Waals surface area contributed by atoms with E-state index in [0.717, 1.165) is 9.13 Å². The number of anilines is 1. The number of aryl methyl sites for hydroxylation is 1. The van der Waals surface area contributed by atoms with E-state index in [1.807, 2.05) is 37.3 Å². The number of benzene rings is 3. The van der Waals surface area contributed by atoms with Crippen LogP contribution in [-0.4, -0.2) is 11.9 Å². The number of rotatable bonds is 5. The Labute approximate surface area is 202 Å². The van der Waals surface area contributed by atoms with Gasteiger partial charge in [-0.3, -0.25) is 4.79 Å². The molecule has 31 heavy (non-hydrogen) atoms. The number of hydrogen-bond acceptors (Lipinski definition) is 4. The molecule has 0 saturated heterocycles. The van der Waals surface area contributed by atoms with Gasteiger partial charge in [-0.15, -0.1) is 0 Å². The molecule has 0 spiro atoms. The lowest BCUT2D eigenvalue weighted by Gasteiger charge is -2.10. The summed E-state index contributed by atoms with van der Waals surface area (Å²) in [5, 5.41) is 12.2. The summed E-state index contributed by atoms with van der Waals surface area (Å²) < 4.78 is 7.21. The first kappa shape index (κ1) is 22.7. The number of esters is 1. The fourth-order valence-electron chi connectivity index (χ4n) is 2.64. The number of carbonyl (C=O) groups excluding carboxylic acids is 2. The Hall–Kier alpha value is -2.96. The minimum atomic E-state index is -0.555. The van der Waals surface area contributed by atoms with Crippen LogP contribution < -0.4 is 10.1 Å². The van der Waals surface area contributed by atoms with Crippen molar-refractivity contribution in [1.29, 1.82) is 5.26 Å². The normalized spacial score (nSPS) is 10.8. The van der Waals surface area contributed by atoms with Crippen molar-refractivity contribution in [3.63, 3.8) is 0 Å². The monoisotopic (exact) mass is 586 g/mol. The molecule has 0 heterocycles. The maximum absolute atomic E-state index is 12.6. The lowest BCUT2D eigenvalue weighted by Crippen LogP contribution is -2.14. The van der Waals surface area contributed by atoms with Crippen molar-refractivity contribution < 1.29 is 14.3 Å². The highest BCUT2D eigenvalue weighted by atomic mass is 127. The average Bonchev–Trinajstić information content (AvgIpc) is 2.74. The van der Waals surface area contributed by atoms with E-state index < -0.39 is 11.9 Å². The van der Waals surface area contributed by atoms with Gasteiger partial charge in [0.25, 0.3) is 5.91 Å². The van der Waals surface area contributed by atoms with E-state index in [0.29, 0.717) is 21.3 Å². The van der Waals surface area contributed by atoms with Gasteiger partial charge in [0.15, 0.2) is 0 Å². The maximum atomic E-state index is 12.6. The van der Waals surface area contributed by atoms with Crippen molar-refractivity contribution in [2.24, 2.45) is 0 Å². The number of nitriles is 1. The van der Waals surface area contributed by atoms with Gasteiger partial charge in [0, 0.05) is 19.3 Å². The first-order valence-electron chi connectivity index (χ1n) is 9.13. The fraction of sp³-hybridized carbons (Fsp3) is 0.0417. The zero-order valence-corrected chi connectivity index (χ0v) is 20.1. The molecule has 0 unspecified atom stereocenters. The Balaban J connectivity index is 1.88. The van der Waals surface area contributed by atoms with Crippen molar-refractivity contribution in [2.75, 3.05) is 5.32 Å². The zero-order valence-electron chi connectivity index (χ0n) is 16.4. The van der Waals surface area contributed by atoms with Crippen molar-refractivity contribution >= 4 is 62.2 Å². The summed E-state index contributed by atoms with van der Waals surface area (Å²) in [7, 11) is 0. The predicted molar refractivity (Wildman–Crippen MR) is 132 cm³/mol. The van der Waals surface area contributed by atoms with E-state index in [9.17, 15) is 14.9 Å². The molecule has 1 amide bonds. The first-order chi connectivity index (χ1) is 14.9. The summed E-state index contributed by atoms with van der Waals surface area (Å²) >= 11 is 5.51. The Kier molecular flexibility index (Phi) is 7.60. The summed E-state index contributed by atoms with van der Waals surface area (Å²) in [5.74, 6) is -0.845. The Bertz CT molecular complexity index is 1210. The second-order valence-electron chi connectivity index (χ2n) is 6.57. The number of amides is 1. The molecule has 0 fully saturated rings. The minimum Gasteiger partial charge on any atom is -0.422 e. The van der Waals surface area contributed by atoms with Crippen LogP contribution in [0.2, 0.25) is 0 Å². The summed E-state index contributed by atoms with van der Waals surface area (Å²) in [6.45, 7) is 1.93. The number of hydrogen-bond donors (Lipinski definition) is 1. The molecule has 7 heteroatoms. The molecule has 0 atom stereocenters. The van der Waals surface area contributed by atoms with Crippen molar-refractivity contribution in [3.05, 3.63) is 97.0 Å². The molecule has 3 rings (SSSR count). The number of nitrogens with one attached hydrogen (secondary N) is 1. The molecule has 0 radical (unpaired) electrons. The molecule has 3 aromatic carbocycles. The van der Waals surface area contributed by atoms with E-state index in [1.165, 1.54) is 6.08 Å². The Morgan fingerprint density at radius 3 is 2.52 bits per heavy atom. The van der Waals surface area contributed by atoms with Crippen LogP contribution >= 0.6 is 38.5 Å². The molecule has 0 aliphatic rings. The van der Waals surface area contributed by atoms with Gasteiger partial charge in [0.05, 0.1) is 5.56 Å². The standard InChI is InChI=1S/C24H16BrIN2O3/c1-15-5-7-16(8-6-15)24(30)31-22-10-9-19(25)12-17(22)11-18(14-27)23(29)28-21-4-2-3-20(26)13-21/h2-13H,1H3,(H,28,29)/b18-11+. The number of ether oxygens (including phenoxy) is 1. The van der Waals surface area contributed by atoms with Crippen LogP contribution in [0.1, 0.15) is 21.5 Å². The number of carbonyl (C=O) groups is 2. The molecule has 0 aliphatic carbocycles. The van der Waals surface area contributed by atoms with Crippen LogP contribution in [0.15, 0.2) is 76.8 Å². The van der Waals surface area contributed by atoms with Gasteiger partial charge in [0.1, 0.15) is 17.4 Å². The van der Waals surface area contributed by atoms with Gasteiger partial charge in [-0.25, -0.2) is 4.79 Å². The summed E-state index contributed by atoms with van der Waals surface area (Å²) in [6, 6.07) is 21.2. The third-order valence-electron chi connectivity index (χ3n) is 4.21. The molecule has 0 aliphatic heterocycles. The van der Waals surface area contributed by atoms with Gasteiger partial charge in [0.2, 0.25) is 0 Å². The Morgan fingerprint density at radius 2 is 1.84 bits per heavy atom. The van der Waals surface area contributed by atoms with E-state index >= 15 is 0 Å². The molecule has 5 nitrogen and oxygen atoms in total. The SMILES string of the molecule is Cc1ccc(C(=O)Oc2ccc(Br)cc2/C=C(\C#N)C(=O)Nc2cccc(I)c2)cc1. The van der Waals surface area contributed by atoms with E-state index in [1.54, 1.807) is 42.5 Å². The van der Waals surface area contributed by atoms with Crippen molar-refractivity contribution in [1.82, 2.24) is 0 Å². The lowest BCUT2D eigenvalue weighted by molar-refractivity contribution is -0.112. The predicted octanol–water partition coefficient (Wildman–Crippen LogP) is 6.13. The zero-order chi connectivity index (χ0) is 22.4. The van der Waals surface area contributed by atoms with Gasteiger partial charge < -0.3 is 10.1 Å². The molecule has 154 valence electrons. The van der Waals surface area contributed by atoms with Crippen LogP contribution in [0.3, 0.4) is 0 Å². The molecule has 1 N–H and O–H groups in total. The van der Waals surface area contributed by atoms with Gasteiger partial charge in [-0.2, -0.15) is 5.26 Å². The third-order valence-corrected chi connectivity index (χ3v) is 5.37. The van der Waals surface area contributed by atoms with Crippen LogP contribution in [0.4, 0.5) is 5.69 Å². The van der Waals surface area contributed by atoms with Crippen LogP contribution in [-0.2, 0) is 4.79 Å². The number of halogens is 2. The van der Waals surface area contributed by atoms with Gasteiger partial charge >= 0.3 is 5.97 Å². The third kappa shape index (κ3) is 6.26. The first-order valence-corrected chi connectivity index (χ1v) is 11.0. The summed E-state index contributed by atoms with van der Waals surface area (Å²) in [5.41, 5.74) is 2.31. The van der Waals surface area contributed by atoms with Crippen LogP contribution in [0.25, 0.3) is 6.08 Å². The van der Waals surface area contributed by atoms with E-state index in [-0.39, 0.29) is 11.3 Å². The number of nitrogens with zero attached hydrogens (tertiary/aromatic N) is 1. The second kappa shape index (κ2) is 10.4. The van der Waals surface area contributed by atoms with Crippen molar-refractivity contribution in [3.8, 4) is 11.8 Å². The molecular formula is C24H16BrIN2O3. The quantitative estimate of drug-likeness (QED) is 0.128. The highest BCUT2D eigenvalue weighted by Crippen LogP contribution is 2.27. The Morgan fingerprint density at radius 1 is 1.10 bits per heavy atom. The average molecular weight is 587 g/mol. The smallest absolute Gasteiger partial charge is 0.343 e. The second-order valence-corrected chi connectivity index (χ2v) is 8.73. The lowest BCUT2D eigenvalue weighted by atomic mass is 10.1. The van der Waals surface area contributed by atoms with Crippen molar-refractivity contribution in [2.45, 2.75) is 6.92 Å². The topological polar surface area (TPSA) is 79.2 Å². The molecular weight excluding hydrogens is 571 g/mol. The molecule has 0 aromatic heterocycles. The largest absolute Gasteiger partial charge is 0.422 e. The highest BCUT2D eigenvalue weighted by Gasteiger charge is 2.15. The molecule has 3 aromatic rings. The molecule has 0 saturated carbocycles. The fourth-order valence-corrected chi connectivity index (χ4v) is 3.56. The minimum absolute atomic E-state index is 0.121. The summed E-state index contributed by atoms with van der Waals surface area (Å²) in [4.78, 5) is 25.1. The molecule has 0 bridgehead atoms. The van der Waals surface area contributed by atoms with E-state index in [2.05, 4.69) is 43.8 Å².